The molecule has 11 heavy (non-hydrogen) atoms. The summed E-state index contributed by atoms with van der Waals surface area (Å²) in [6.45, 7) is 0. The van der Waals surface area contributed by atoms with Crippen molar-refractivity contribution in [3.05, 3.63) is 16.7 Å². The molecule has 0 spiro atoms. The van der Waals surface area contributed by atoms with Gasteiger partial charge in [-0.2, -0.15) is 0 Å². The van der Waals surface area contributed by atoms with Crippen LogP contribution in [-0.4, -0.2) is 12.0 Å². The summed E-state index contributed by atoms with van der Waals surface area (Å²) in [6.07, 6.45) is 1.65. The Labute approximate surface area is 73.3 Å². The van der Waals surface area contributed by atoms with Crippen molar-refractivity contribution in [2.24, 2.45) is 5.84 Å². The highest BCUT2D eigenvalue weighted by atomic mass is 79.9. The minimum absolute atomic E-state index is 0.560. The Kier molecular flexibility index (Phi) is 2.31. The Morgan fingerprint density at radius 3 is 2.73 bits per heavy atom. The number of nitrogens with zero attached hydrogens (tertiary/aromatic N) is 2. The fourth-order valence-corrected chi connectivity index (χ4v) is 1.09. The molecule has 5 heteroatoms. The Bertz CT molecular complexity index is 261. The van der Waals surface area contributed by atoms with Gasteiger partial charge in [0, 0.05) is 17.7 Å². The predicted octanol–water partition coefficient (Wildman–Crippen LogP) is 0.736. The SMILES string of the molecule is CN(N)c1ncc(Br)cc1N. The van der Waals surface area contributed by atoms with Crippen LogP contribution < -0.4 is 16.6 Å². The molecular formula is C6H9BrN4. The molecule has 0 aliphatic rings. The zero-order valence-electron chi connectivity index (χ0n) is 6.08. The van der Waals surface area contributed by atoms with Gasteiger partial charge in [0.25, 0.3) is 0 Å². The van der Waals surface area contributed by atoms with Crippen molar-refractivity contribution in [1.82, 2.24) is 4.98 Å². The van der Waals surface area contributed by atoms with E-state index in [1.807, 2.05) is 0 Å². The molecule has 0 radical (unpaired) electrons. The Balaban J connectivity index is 3.09. The summed E-state index contributed by atoms with van der Waals surface area (Å²) >= 11 is 3.24. The maximum Gasteiger partial charge on any atom is 0.165 e. The van der Waals surface area contributed by atoms with E-state index < -0.39 is 0 Å². The number of hydrogen-bond donors (Lipinski definition) is 2. The molecule has 1 rings (SSSR count). The van der Waals surface area contributed by atoms with Gasteiger partial charge in [0.2, 0.25) is 0 Å². The van der Waals surface area contributed by atoms with Gasteiger partial charge in [-0.25, -0.2) is 10.8 Å². The largest absolute Gasteiger partial charge is 0.396 e. The third-order valence-electron chi connectivity index (χ3n) is 1.20. The smallest absolute Gasteiger partial charge is 0.165 e. The summed E-state index contributed by atoms with van der Waals surface area (Å²) in [6, 6.07) is 1.76. The number of halogens is 1. The van der Waals surface area contributed by atoms with Crippen molar-refractivity contribution in [2.45, 2.75) is 0 Å². The van der Waals surface area contributed by atoms with E-state index in [0.29, 0.717) is 11.5 Å². The maximum atomic E-state index is 5.61. The Morgan fingerprint density at radius 2 is 2.27 bits per heavy atom. The molecule has 0 bridgehead atoms. The van der Waals surface area contributed by atoms with Crippen LogP contribution in [0.2, 0.25) is 0 Å². The van der Waals surface area contributed by atoms with Crippen molar-refractivity contribution >= 4 is 27.4 Å². The number of pyridine rings is 1. The molecule has 1 aromatic rings. The Hall–Kier alpha value is -0.810. The lowest BCUT2D eigenvalue weighted by Gasteiger charge is -2.12. The highest BCUT2D eigenvalue weighted by molar-refractivity contribution is 9.10. The van der Waals surface area contributed by atoms with Crippen molar-refractivity contribution in [2.75, 3.05) is 17.8 Å². The van der Waals surface area contributed by atoms with Crippen LogP contribution in [0.5, 0.6) is 0 Å². The molecule has 0 fully saturated rings. The number of nitrogens with two attached hydrogens (primary N) is 2. The highest BCUT2D eigenvalue weighted by Gasteiger charge is 2.02. The van der Waals surface area contributed by atoms with Crippen LogP contribution in [0, 0.1) is 0 Å². The average molecular weight is 217 g/mol. The highest BCUT2D eigenvalue weighted by Crippen LogP contribution is 2.20. The first kappa shape index (κ1) is 8.29. The van der Waals surface area contributed by atoms with Crippen LogP contribution in [0.25, 0.3) is 0 Å². The van der Waals surface area contributed by atoms with Gasteiger partial charge in [-0.05, 0) is 22.0 Å². The van der Waals surface area contributed by atoms with Gasteiger partial charge in [0.1, 0.15) is 0 Å². The van der Waals surface area contributed by atoms with Gasteiger partial charge < -0.3 is 5.73 Å². The summed E-state index contributed by atoms with van der Waals surface area (Å²) in [4.78, 5) is 4.01. The number of rotatable bonds is 1. The average Bonchev–Trinajstić information content (AvgIpc) is 1.85. The molecule has 0 aliphatic heterocycles. The normalized spacial score (nSPS) is 9.73. The molecule has 60 valence electrons. The van der Waals surface area contributed by atoms with E-state index in [1.54, 1.807) is 19.3 Å². The first-order valence-electron chi connectivity index (χ1n) is 3.00. The van der Waals surface area contributed by atoms with Gasteiger partial charge >= 0.3 is 0 Å². The van der Waals surface area contributed by atoms with E-state index in [0.717, 1.165) is 4.47 Å². The van der Waals surface area contributed by atoms with E-state index in [9.17, 15) is 0 Å². The van der Waals surface area contributed by atoms with Crippen molar-refractivity contribution in [3.8, 4) is 0 Å². The second-order valence-corrected chi connectivity index (χ2v) is 3.09. The first-order valence-corrected chi connectivity index (χ1v) is 3.80. The van der Waals surface area contributed by atoms with Crippen molar-refractivity contribution in [3.63, 3.8) is 0 Å². The lowest BCUT2D eigenvalue weighted by atomic mass is 10.4. The topological polar surface area (TPSA) is 68.2 Å². The minimum atomic E-state index is 0.560. The maximum absolute atomic E-state index is 5.61. The van der Waals surface area contributed by atoms with E-state index >= 15 is 0 Å². The van der Waals surface area contributed by atoms with Gasteiger partial charge in [0.15, 0.2) is 5.82 Å². The number of nitrogen functional groups attached to an aromatic ring is 1. The summed E-state index contributed by atoms with van der Waals surface area (Å²) in [5, 5.41) is 1.38. The standard InChI is InChI=1S/C6H9BrN4/c1-11(9)6-5(8)2-4(7)3-10-6/h2-3H,8-9H2,1H3. The van der Waals surface area contributed by atoms with Crippen LogP contribution in [0.1, 0.15) is 0 Å². The molecule has 4 N–H and O–H groups in total. The summed E-state index contributed by atoms with van der Waals surface area (Å²) in [7, 11) is 1.69. The van der Waals surface area contributed by atoms with E-state index in [-0.39, 0.29) is 0 Å². The summed E-state index contributed by atoms with van der Waals surface area (Å²) in [5.74, 6) is 6.02. The summed E-state index contributed by atoms with van der Waals surface area (Å²) < 4.78 is 0.848. The molecule has 0 saturated carbocycles. The fraction of sp³-hybridized carbons (Fsp3) is 0.167. The molecular weight excluding hydrogens is 208 g/mol. The number of anilines is 2. The molecule has 1 heterocycles. The van der Waals surface area contributed by atoms with Crippen molar-refractivity contribution in [1.29, 1.82) is 0 Å². The number of hydrogen-bond acceptors (Lipinski definition) is 4. The molecule has 0 aliphatic carbocycles. The molecule has 0 amide bonds. The minimum Gasteiger partial charge on any atom is -0.396 e. The number of hydrazine groups is 1. The zero-order chi connectivity index (χ0) is 8.43. The van der Waals surface area contributed by atoms with Crippen LogP contribution >= 0.6 is 15.9 Å². The van der Waals surface area contributed by atoms with E-state index in [1.165, 1.54) is 5.01 Å². The third-order valence-corrected chi connectivity index (χ3v) is 1.63. The van der Waals surface area contributed by atoms with Gasteiger partial charge in [0.05, 0.1) is 5.69 Å². The molecule has 0 atom stereocenters. The molecule has 0 unspecified atom stereocenters. The summed E-state index contributed by atoms with van der Waals surface area (Å²) in [5.41, 5.74) is 6.17. The molecule has 0 aromatic carbocycles. The monoisotopic (exact) mass is 216 g/mol. The third kappa shape index (κ3) is 1.81. The van der Waals surface area contributed by atoms with Gasteiger partial charge in [-0.15, -0.1) is 0 Å². The fourth-order valence-electron chi connectivity index (χ4n) is 0.742. The second kappa shape index (κ2) is 3.06. The molecule has 1 aromatic heterocycles. The van der Waals surface area contributed by atoms with Gasteiger partial charge in [-0.1, -0.05) is 0 Å². The van der Waals surface area contributed by atoms with Crippen LogP contribution in [0.3, 0.4) is 0 Å². The van der Waals surface area contributed by atoms with Crippen LogP contribution in [0.4, 0.5) is 11.5 Å². The predicted molar refractivity (Wildman–Crippen MR) is 48.9 cm³/mol. The lowest BCUT2D eigenvalue weighted by molar-refractivity contribution is 0.979. The second-order valence-electron chi connectivity index (χ2n) is 2.18. The van der Waals surface area contributed by atoms with Crippen LogP contribution in [0.15, 0.2) is 16.7 Å². The molecule has 0 saturated heterocycles. The van der Waals surface area contributed by atoms with Crippen LogP contribution in [-0.2, 0) is 0 Å². The Morgan fingerprint density at radius 1 is 1.64 bits per heavy atom. The van der Waals surface area contributed by atoms with Crippen molar-refractivity contribution < 1.29 is 0 Å². The number of aromatic nitrogens is 1. The lowest BCUT2D eigenvalue weighted by Crippen LogP contribution is -2.27. The quantitative estimate of drug-likeness (QED) is 0.537. The molecule has 4 nitrogen and oxygen atoms in total. The van der Waals surface area contributed by atoms with E-state index in [2.05, 4.69) is 20.9 Å². The zero-order valence-corrected chi connectivity index (χ0v) is 7.67. The van der Waals surface area contributed by atoms with E-state index in [4.69, 9.17) is 11.6 Å². The first-order chi connectivity index (χ1) is 5.11. The van der Waals surface area contributed by atoms with Gasteiger partial charge in [-0.3, -0.25) is 5.01 Å².